The molecule has 2 amide bonds. The van der Waals surface area contributed by atoms with Crippen LogP contribution in [0.5, 0.6) is 0 Å². The molecule has 1 saturated carbocycles. The van der Waals surface area contributed by atoms with Crippen molar-refractivity contribution in [2.75, 3.05) is 17.3 Å². The highest BCUT2D eigenvalue weighted by Crippen LogP contribution is 2.38. The van der Waals surface area contributed by atoms with Gasteiger partial charge in [-0.1, -0.05) is 50.0 Å². The van der Waals surface area contributed by atoms with Gasteiger partial charge < -0.3 is 25.4 Å². The second-order valence-corrected chi connectivity index (χ2v) is 14.2. The monoisotopic (exact) mass is 722 g/mol. The summed E-state index contributed by atoms with van der Waals surface area (Å²) in [6.45, 7) is 5.89. The third kappa shape index (κ3) is 8.04. The van der Waals surface area contributed by atoms with E-state index in [4.69, 9.17) is 33.2 Å². The maximum atomic E-state index is 13.8. The zero-order valence-electron chi connectivity index (χ0n) is 28.0. The summed E-state index contributed by atoms with van der Waals surface area (Å²) < 4.78 is 43.2. The summed E-state index contributed by atoms with van der Waals surface area (Å²) in [4.78, 5) is 37.5. The van der Waals surface area contributed by atoms with E-state index < -0.39 is 29.5 Å². The lowest BCUT2D eigenvalue weighted by atomic mass is 9.85. The van der Waals surface area contributed by atoms with Gasteiger partial charge in [0.15, 0.2) is 11.5 Å². The highest BCUT2D eigenvalue weighted by atomic mass is 35.5. The molecule has 4 aromatic rings. The van der Waals surface area contributed by atoms with Crippen LogP contribution in [0.1, 0.15) is 68.2 Å². The Hall–Kier alpha value is -4.11. The summed E-state index contributed by atoms with van der Waals surface area (Å²) in [5.74, 6) is -0.706. The molecule has 1 aliphatic carbocycles. The van der Waals surface area contributed by atoms with Crippen LogP contribution in [-0.4, -0.2) is 60.4 Å². The van der Waals surface area contributed by atoms with Crippen molar-refractivity contribution < 1.29 is 22.8 Å². The number of hydrogen-bond donors (Lipinski definition) is 3. The molecular formula is C32H39Cl2F3N10O2. The summed E-state index contributed by atoms with van der Waals surface area (Å²) in [5.41, 5.74) is 1.45. The Morgan fingerprint density at radius 2 is 1.76 bits per heavy atom. The maximum absolute atomic E-state index is 13.8. The number of carbonyl (C=O) groups is 2. The normalized spacial score (nSPS) is 16.9. The highest BCUT2D eigenvalue weighted by Gasteiger charge is 2.41. The molecule has 264 valence electrons. The van der Waals surface area contributed by atoms with Gasteiger partial charge in [-0.15, -0.1) is 10.2 Å². The fraction of sp³-hybridized carbons (Fsp3) is 0.500. The minimum absolute atomic E-state index is 0.0464. The third-order valence-electron chi connectivity index (χ3n) is 8.67. The number of halogens is 5. The Bertz CT molecular complexity index is 1860. The predicted molar refractivity (Wildman–Crippen MR) is 182 cm³/mol. The molecule has 1 fully saturated rings. The number of carbonyl (C=O) groups excluding carboxylic acids is 2. The van der Waals surface area contributed by atoms with Gasteiger partial charge in [0.25, 0.3) is 5.91 Å². The number of hydrogen-bond acceptors (Lipinski definition) is 8. The lowest BCUT2D eigenvalue weighted by Gasteiger charge is -2.30. The number of anilines is 3. The Kier molecular flexibility index (Phi) is 10.4. The van der Waals surface area contributed by atoms with E-state index >= 15 is 0 Å². The summed E-state index contributed by atoms with van der Waals surface area (Å²) >= 11 is 13.3. The fourth-order valence-corrected chi connectivity index (χ4v) is 6.17. The number of aryl methyl sites for hydroxylation is 2. The van der Waals surface area contributed by atoms with Crippen LogP contribution in [0.25, 0.3) is 11.2 Å². The molecular weight excluding hydrogens is 684 g/mol. The van der Waals surface area contributed by atoms with Crippen LogP contribution in [-0.2, 0) is 32.0 Å². The fourth-order valence-electron chi connectivity index (χ4n) is 5.64. The van der Waals surface area contributed by atoms with E-state index in [1.165, 1.54) is 0 Å². The number of alkyl halides is 3. The average Bonchev–Trinajstić information content (AvgIpc) is 3.57. The van der Waals surface area contributed by atoms with Crippen molar-refractivity contribution in [1.29, 1.82) is 0 Å². The summed E-state index contributed by atoms with van der Waals surface area (Å²) in [6, 6.07) is 4.59. The average molecular weight is 724 g/mol. The SMILES string of the molecule is CN(Cc1nncn1C)c1nc2c(cc1C(=O)NC1CCC(C(F)(F)F)CC1)nc(Nc1c(Cl)ccc(CNC(=O)C(C)(C)C)c1Cl)n2C. The molecule has 0 aliphatic heterocycles. The molecule has 3 aromatic heterocycles. The molecule has 17 heteroatoms. The van der Waals surface area contributed by atoms with Crippen LogP contribution in [0.3, 0.4) is 0 Å². The summed E-state index contributed by atoms with van der Waals surface area (Å²) in [6.07, 6.45) is -2.35. The quantitative estimate of drug-likeness (QED) is 0.183. The second kappa shape index (κ2) is 14.0. The molecule has 0 atom stereocenters. The van der Waals surface area contributed by atoms with Crippen molar-refractivity contribution in [2.45, 2.75) is 71.8 Å². The Labute approximate surface area is 291 Å². The van der Waals surface area contributed by atoms with E-state index in [1.807, 2.05) is 20.8 Å². The number of fused-ring (bicyclic) bond motifs is 1. The van der Waals surface area contributed by atoms with Crippen molar-refractivity contribution in [3.8, 4) is 0 Å². The number of nitrogens with one attached hydrogen (secondary N) is 3. The van der Waals surface area contributed by atoms with Gasteiger partial charge >= 0.3 is 6.18 Å². The molecule has 1 aromatic carbocycles. The molecule has 12 nitrogen and oxygen atoms in total. The molecule has 49 heavy (non-hydrogen) atoms. The smallest absolute Gasteiger partial charge is 0.352 e. The minimum atomic E-state index is -4.25. The zero-order valence-corrected chi connectivity index (χ0v) is 29.6. The van der Waals surface area contributed by atoms with Crippen molar-refractivity contribution in [3.63, 3.8) is 0 Å². The van der Waals surface area contributed by atoms with Crippen LogP contribution in [0.2, 0.25) is 10.0 Å². The molecule has 1 aliphatic rings. The van der Waals surface area contributed by atoms with E-state index in [0.717, 1.165) is 0 Å². The van der Waals surface area contributed by atoms with Gasteiger partial charge in [-0.2, -0.15) is 13.2 Å². The van der Waals surface area contributed by atoms with E-state index in [9.17, 15) is 22.8 Å². The largest absolute Gasteiger partial charge is 0.391 e. The Balaban J connectivity index is 1.46. The van der Waals surface area contributed by atoms with Gasteiger partial charge in [0.2, 0.25) is 11.9 Å². The van der Waals surface area contributed by atoms with Crippen LogP contribution in [0.4, 0.5) is 30.6 Å². The standard InChI is InChI=1S/C32H39Cl2F3N10O2/c1-31(2,3)29(49)38-14-17-7-12-21(33)25(24(17)34)42-30-41-22-13-20(28(48)40-19-10-8-18(9-11-19)32(35,36)37)26(43-27(22)47(30)6)45(4)15-23-44-39-16-46(23)5/h7,12-13,16,18-19H,8-11,14-15H2,1-6H3,(H,38,49)(H,40,48)(H,41,42). The third-order valence-corrected chi connectivity index (χ3v) is 9.42. The van der Waals surface area contributed by atoms with Gasteiger partial charge in [0.05, 0.1) is 33.8 Å². The summed E-state index contributed by atoms with van der Waals surface area (Å²) in [5, 5.41) is 17.7. The number of imidazole rings is 1. The maximum Gasteiger partial charge on any atom is 0.391 e. The first-order chi connectivity index (χ1) is 22.9. The van der Waals surface area contributed by atoms with Crippen molar-refractivity contribution in [3.05, 3.63) is 51.5 Å². The van der Waals surface area contributed by atoms with Crippen molar-refractivity contribution in [2.24, 2.45) is 25.4 Å². The van der Waals surface area contributed by atoms with E-state index in [0.29, 0.717) is 50.1 Å². The van der Waals surface area contributed by atoms with Crippen LogP contribution < -0.4 is 20.9 Å². The molecule has 0 bridgehead atoms. The molecule has 5 rings (SSSR count). The van der Waals surface area contributed by atoms with Crippen LogP contribution in [0, 0.1) is 11.3 Å². The highest BCUT2D eigenvalue weighted by molar-refractivity contribution is 6.39. The van der Waals surface area contributed by atoms with Gasteiger partial charge in [-0.25, -0.2) is 9.97 Å². The number of amides is 2. The first-order valence-corrected chi connectivity index (χ1v) is 16.5. The lowest BCUT2D eigenvalue weighted by molar-refractivity contribution is -0.182. The van der Waals surface area contributed by atoms with Crippen LogP contribution >= 0.6 is 23.2 Å². The number of pyridine rings is 1. The van der Waals surface area contributed by atoms with E-state index in [-0.39, 0.29) is 50.2 Å². The first kappa shape index (κ1) is 36.2. The topological polar surface area (TPSA) is 135 Å². The van der Waals surface area contributed by atoms with Gasteiger partial charge in [0.1, 0.15) is 17.7 Å². The number of benzene rings is 1. The molecule has 0 unspecified atom stereocenters. The number of aromatic nitrogens is 6. The molecule has 0 saturated heterocycles. The molecule has 3 heterocycles. The zero-order chi connectivity index (χ0) is 35.8. The van der Waals surface area contributed by atoms with Gasteiger partial charge in [0, 0.05) is 39.1 Å². The Morgan fingerprint density at radius 3 is 2.37 bits per heavy atom. The summed E-state index contributed by atoms with van der Waals surface area (Å²) in [7, 11) is 5.30. The van der Waals surface area contributed by atoms with Crippen molar-refractivity contribution >= 4 is 63.6 Å². The number of nitrogens with zero attached hydrogens (tertiary/aromatic N) is 7. The molecule has 3 N–H and O–H groups in total. The Morgan fingerprint density at radius 1 is 1.06 bits per heavy atom. The lowest BCUT2D eigenvalue weighted by Crippen LogP contribution is -2.40. The van der Waals surface area contributed by atoms with Crippen molar-refractivity contribution in [1.82, 2.24) is 39.9 Å². The van der Waals surface area contributed by atoms with E-state index in [1.54, 1.807) is 59.7 Å². The van der Waals surface area contributed by atoms with Gasteiger partial charge in [-0.05, 0) is 43.4 Å². The molecule has 0 radical (unpaired) electrons. The second-order valence-electron chi connectivity index (χ2n) is 13.4. The predicted octanol–water partition coefficient (Wildman–Crippen LogP) is 6.30. The molecule has 0 spiro atoms. The van der Waals surface area contributed by atoms with E-state index in [2.05, 4.69) is 26.1 Å². The number of rotatable bonds is 9. The van der Waals surface area contributed by atoms with Crippen LogP contribution in [0.15, 0.2) is 24.5 Å². The minimum Gasteiger partial charge on any atom is -0.352 e. The first-order valence-electron chi connectivity index (χ1n) is 15.7. The van der Waals surface area contributed by atoms with Gasteiger partial charge in [-0.3, -0.25) is 14.2 Å².